The Morgan fingerprint density at radius 1 is 1.71 bits per heavy atom. The molecule has 0 saturated carbocycles. The summed E-state index contributed by atoms with van der Waals surface area (Å²) in [4.78, 5) is 11.0. The van der Waals surface area contributed by atoms with E-state index in [0.29, 0.717) is 10.0 Å². The number of ether oxygens (including phenoxy) is 1. The zero-order valence-electron chi connectivity index (χ0n) is 9.46. The van der Waals surface area contributed by atoms with Gasteiger partial charge in [-0.15, -0.1) is 0 Å². The number of carboxylic acids is 1. The summed E-state index contributed by atoms with van der Waals surface area (Å²) in [5.74, 6) is -2.92. The van der Waals surface area contributed by atoms with Gasteiger partial charge in [-0.2, -0.15) is 0 Å². The summed E-state index contributed by atoms with van der Waals surface area (Å²) in [6.45, 7) is 1.56. The van der Waals surface area contributed by atoms with E-state index in [1.807, 2.05) is 0 Å². The lowest BCUT2D eigenvalue weighted by Gasteiger charge is -2.16. The Morgan fingerprint density at radius 2 is 2.29 bits per heavy atom. The van der Waals surface area contributed by atoms with Gasteiger partial charge in [0, 0.05) is 12.1 Å². The number of hydrogen-bond donors (Lipinski definition) is 2. The molecule has 0 heterocycles. The number of carbonyl (C=O) groups is 1. The van der Waals surface area contributed by atoms with Gasteiger partial charge in [0.1, 0.15) is 0 Å². The van der Waals surface area contributed by atoms with Crippen LogP contribution in [-0.4, -0.2) is 24.7 Å². The van der Waals surface area contributed by atoms with Gasteiger partial charge in [0.2, 0.25) is 0 Å². The second kappa shape index (κ2) is 5.46. The number of aliphatic carboxylic acids is 1. The zero-order valence-corrected chi connectivity index (χ0v) is 11.0. The number of carboxylic acid groups (broad SMARTS) is 1. The van der Waals surface area contributed by atoms with Crippen molar-refractivity contribution in [2.75, 3.05) is 13.7 Å². The van der Waals surface area contributed by atoms with Crippen LogP contribution >= 0.6 is 15.9 Å². The Morgan fingerprint density at radius 3 is 2.71 bits per heavy atom. The van der Waals surface area contributed by atoms with E-state index in [1.165, 1.54) is 13.2 Å². The number of methoxy groups -OCH3 is 1. The maximum Gasteiger partial charge on any atom is 0.312 e. The molecule has 17 heavy (non-hydrogen) atoms. The third-order valence-electron chi connectivity index (χ3n) is 2.48. The van der Waals surface area contributed by atoms with E-state index < -0.39 is 17.7 Å². The van der Waals surface area contributed by atoms with Crippen LogP contribution in [0.5, 0.6) is 5.75 Å². The standard InChI is InChI=1S/C11H13BrFNO3/c1-5-3-6(7(4-14)11(15)16)9(13)10(17-2)8(5)12/h3,7H,4,14H2,1-2H3,(H,15,16). The van der Waals surface area contributed by atoms with Gasteiger partial charge in [-0.25, -0.2) is 4.39 Å². The second-order valence-electron chi connectivity index (χ2n) is 3.57. The average molecular weight is 306 g/mol. The maximum atomic E-state index is 14.0. The molecule has 0 radical (unpaired) electrons. The summed E-state index contributed by atoms with van der Waals surface area (Å²) in [5, 5.41) is 8.98. The SMILES string of the molecule is COc1c(F)c(C(CN)C(=O)O)cc(C)c1Br. The molecule has 0 aliphatic carbocycles. The topological polar surface area (TPSA) is 72.5 Å². The molecular formula is C11H13BrFNO3. The van der Waals surface area contributed by atoms with E-state index in [-0.39, 0.29) is 17.9 Å². The molecule has 0 bridgehead atoms. The molecular weight excluding hydrogens is 293 g/mol. The Labute approximate surface area is 107 Å². The van der Waals surface area contributed by atoms with Crippen LogP contribution in [0.4, 0.5) is 4.39 Å². The molecule has 0 amide bonds. The molecule has 0 spiro atoms. The molecule has 0 fully saturated rings. The number of benzene rings is 1. The molecule has 1 aromatic carbocycles. The molecule has 94 valence electrons. The minimum absolute atomic E-state index is 0.000278. The summed E-state index contributed by atoms with van der Waals surface area (Å²) in [6.07, 6.45) is 0. The van der Waals surface area contributed by atoms with E-state index >= 15 is 0 Å². The van der Waals surface area contributed by atoms with Gasteiger partial charge >= 0.3 is 5.97 Å². The first-order valence-corrected chi connectivity index (χ1v) is 5.68. The normalized spacial score (nSPS) is 12.3. The van der Waals surface area contributed by atoms with Crippen molar-refractivity contribution in [3.63, 3.8) is 0 Å². The molecule has 0 aliphatic rings. The fraction of sp³-hybridized carbons (Fsp3) is 0.364. The van der Waals surface area contributed by atoms with Crippen LogP contribution in [0.15, 0.2) is 10.5 Å². The summed E-state index contributed by atoms with van der Waals surface area (Å²) >= 11 is 3.19. The van der Waals surface area contributed by atoms with Crippen LogP contribution in [0.1, 0.15) is 17.0 Å². The van der Waals surface area contributed by atoms with Crippen molar-refractivity contribution in [3.8, 4) is 5.75 Å². The van der Waals surface area contributed by atoms with Gasteiger partial charge in [-0.1, -0.05) is 6.07 Å². The lowest BCUT2D eigenvalue weighted by atomic mass is 9.96. The van der Waals surface area contributed by atoms with Gasteiger partial charge < -0.3 is 15.6 Å². The monoisotopic (exact) mass is 305 g/mol. The quantitative estimate of drug-likeness (QED) is 0.893. The number of rotatable bonds is 4. The molecule has 0 aromatic heterocycles. The number of aryl methyl sites for hydroxylation is 1. The Balaban J connectivity index is 3.44. The Bertz CT molecular complexity index is 451. The van der Waals surface area contributed by atoms with Crippen LogP contribution in [0.3, 0.4) is 0 Å². The lowest BCUT2D eigenvalue weighted by Crippen LogP contribution is -2.22. The minimum atomic E-state index is -1.16. The van der Waals surface area contributed by atoms with Crippen molar-refractivity contribution in [2.45, 2.75) is 12.8 Å². The van der Waals surface area contributed by atoms with E-state index in [2.05, 4.69) is 15.9 Å². The number of nitrogens with two attached hydrogens (primary N) is 1. The highest BCUT2D eigenvalue weighted by molar-refractivity contribution is 9.10. The predicted molar refractivity (Wildman–Crippen MR) is 64.8 cm³/mol. The van der Waals surface area contributed by atoms with Crippen molar-refractivity contribution < 1.29 is 19.0 Å². The fourth-order valence-corrected chi connectivity index (χ4v) is 2.01. The summed E-state index contributed by atoms with van der Waals surface area (Å²) < 4.78 is 19.4. The van der Waals surface area contributed by atoms with Crippen LogP contribution in [0, 0.1) is 12.7 Å². The highest BCUT2D eigenvalue weighted by atomic mass is 79.9. The van der Waals surface area contributed by atoms with Crippen molar-refractivity contribution >= 4 is 21.9 Å². The smallest absolute Gasteiger partial charge is 0.312 e. The first-order chi connectivity index (χ1) is 7.93. The average Bonchev–Trinajstić information content (AvgIpc) is 2.26. The number of halogens is 2. The summed E-state index contributed by atoms with van der Waals surface area (Å²) in [7, 11) is 1.32. The summed E-state index contributed by atoms with van der Waals surface area (Å²) in [5.41, 5.74) is 6.09. The molecule has 1 unspecified atom stereocenters. The van der Waals surface area contributed by atoms with Gasteiger partial charge in [0.25, 0.3) is 0 Å². The van der Waals surface area contributed by atoms with Crippen molar-refractivity contribution in [3.05, 3.63) is 27.5 Å². The fourth-order valence-electron chi connectivity index (χ4n) is 1.56. The maximum absolute atomic E-state index is 14.0. The molecule has 0 saturated heterocycles. The Hall–Kier alpha value is -1.14. The Kier molecular flexibility index (Phi) is 4.47. The molecule has 3 N–H and O–H groups in total. The van der Waals surface area contributed by atoms with E-state index in [0.717, 1.165) is 0 Å². The van der Waals surface area contributed by atoms with Gasteiger partial charge in [-0.05, 0) is 28.4 Å². The van der Waals surface area contributed by atoms with Crippen LogP contribution in [0.2, 0.25) is 0 Å². The second-order valence-corrected chi connectivity index (χ2v) is 4.36. The molecule has 1 rings (SSSR count). The van der Waals surface area contributed by atoms with Crippen molar-refractivity contribution in [2.24, 2.45) is 5.73 Å². The molecule has 6 heteroatoms. The predicted octanol–water partition coefficient (Wildman–Crippen LogP) is 2.03. The van der Waals surface area contributed by atoms with Crippen LogP contribution < -0.4 is 10.5 Å². The van der Waals surface area contributed by atoms with Crippen LogP contribution in [0.25, 0.3) is 0 Å². The van der Waals surface area contributed by atoms with E-state index in [1.54, 1.807) is 6.92 Å². The minimum Gasteiger partial charge on any atom is -0.492 e. The molecule has 1 aromatic rings. The lowest BCUT2D eigenvalue weighted by molar-refractivity contribution is -0.138. The third-order valence-corrected chi connectivity index (χ3v) is 3.47. The first-order valence-electron chi connectivity index (χ1n) is 4.89. The van der Waals surface area contributed by atoms with Gasteiger partial charge in [-0.3, -0.25) is 4.79 Å². The number of hydrogen-bond acceptors (Lipinski definition) is 3. The van der Waals surface area contributed by atoms with E-state index in [9.17, 15) is 9.18 Å². The first kappa shape index (κ1) is 13.9. The molecule has 1 atom stereocenters. The highest BCUT2D eigenvalue weighted by Crippen LogP contribution is 2.36. The van der Waals surface area contributed by atoms with Gasteiger partial charge in [0.15, 0.2) is 11.6 Å². The van der Waals surface area contributed by atoms with Crippen molar-refractivity contribution in [1.29, 1.82) is 0 Å². The molecule has 4 nitrogen and oxygen atoms in total. The zero-order chi connectivity index (χ0) is 13.2. The highest BCUT2D eigenvalue weighted by Gasteiger charge is 2.26. The van der Waals surface area contributed by atoms with Gasteiger partial charge in [0.05, 0.1) is 17.5 Å². The van der Waals surface area contributed by atoms with Crippen LogP contribution in [-0.2, 0) is 4.79 Å². The summed E-state index contributed by atoms with van der Waals surface area (Å²) in [6, 6.07) is 1.47. The molecule has 0 aliphatic heterocycles. The largest absolute Gasteiger partial charge is 0.492 e. The van der Waals surface area contributed by atoms with Crippen molar-refractivity contribution in [1.82, 2.24) is 0 Å². The third kappa shape index (κ3) is 2.58. The van der Waals surface area contributed by atoms with E-state index in [4.69, 9.17) is 15.6 Å².